The molecule has 212 valence electrons. The quantitative estimate of drug-likeness (QED) is 0.332. The van der Waals surface area contributed by atoms with Crippen molar-refractivity contribution in [3.05, 3.63) is 48.3 Å². The number of hydrogen-bond donors (Lipinski definition) is 4. The van der Waals surface area contributed by atoms with Gasteiger partial charge < -0.3 is 35.4 Å². The summed E-state index contributed by atoms with van der Waals surface area (Å²) in [4.78, 5) is 46.5. The van der Waals surface area contributed by atoms with Gasteiger partial charge in [-0.2, -0.15) is 0 Å². The minimum absolute atomic E-state index is 0.0231. The smallest absolute Gasteiger partial charge is 0.255 e. The zero-order chi connectivity index (χ0) is 27.9. The van der Waals surface area contributed by atoms with E-state index in [1.54, 1.807) is 17.2 Å². The maximum atomic E-state index is 13.6. The molecule has 11 heteroatoms. The number of hydrogen-bond acceptors (Lipinski definition) is 8. The third kappa shape index (κ3) is 9.52. The number of amides is 3. The van der Waals surface area contributed by atoms with Crippen LogP contribution in [0.5, 0.6) is 5.75 Å². The number of fused-ring (bicyclic) bond motifs is 3. The van der Waals surface area contributed by atoms with Gasteiger partial charge in [-0.3, -0.25) is 19.4 Å². The van der Waals surface area contributed by atoms with E-state index in [0.29, 0.717) is 61.8 Å². The predicted octanol–water partition coefficient (Wildman–Crippen LogP) is 1.61. The van der Waals surface area contributed by atoms with Crippen LogP contribution < -0.4 is 20.3 Å². The molecule has 0 aliphatic carbocycles. The number of anilines is 2. The summed E-state index contributed by atoms with van der Waals surface area (Å²) in [5.74, 6) is -0.252. The fourth-order valence-corrected chi connectivity index (χ4v) is 4.23. The number of rotatable bonds is 10. The van der Waals surface area contributed by atoms with Gasteiger partial charge in [-0.05, 0) is 43.9 Å². The van der Waals surface area contributed by atoms with Crippen molar-refractivity contribution < 1.29 is 29.3 Å². The van der Waals surface area contributed by atoms with Gasteiger partial charge in [-0.1, -0.05) is 25.0 Å². The summed E-state index contributed by atoms with van der Waals surface area (Å²) in [5.41, 5.74) is 1.49. The molecule has 1 aliphatic heterocycles. The zero-order valence-corrected chi connectivity index (χ0v) is 22.3. The summed E-state index contributed by atoms with van der Waals surface area (Å²) >= 11 is 0. The number of ether oxygens (including phenoxy) is 1. The van der Waals surface area contributed by atoms with Gasteiger partial charge in [0, 0.05) is 39.0 Å². The molecule has 1 aliphatic rings. The summed E-state index contributed by atoms with van der Waals surface area (Å²) in [6.07, 6.45) is 7.26. The summed E-state index contributed by atoms with van der Waals surface area (Å²) < 4.78 is 6.11. The Bertz CT molecular complexity index is 1080. The van der Waals surface area contributed by atoms with Crippen molar-refractivity contribution in [2.24, 2.45) is 0 Å². The molecule has 4 N–H and O–H groups in total. The Labute approximate surface area is 229 Å². The standard InChI is InChI=1S/C28H39N5O6/c34-14-7-11-30-26(36)20-32-13-5-1-2-6-16-39-25-10-4-3-9-24(25)33(21-27(37)31-12-8-15-35)23-17-22(28(32)38)18-29-19-23/h3-4,9-10,17-19,34-35H,1-2,5-8,11-16,20-21H2,(H,30,36)(H,31,37). The van der Waals surface area contributed by atoms with Crippen molar-refractivity contribution in [3.8, 4) is 5.75 Å². The summed E-state index contributed by atoms with van der Waals surface area (Å²) in [6, 6.07) is 9.10. The van der Waals surface area contributed by atoms with E-state index in [0.717, 1.165) is 25.7 Å². The molecule has 3 rings (SSSR count). The Hall–Kier alpha value is -3.70. The van der Waals surface area contributed by atoms with Crippen molar-refractivity contribution >= 4 is 29.1 Å². The van der Waals surface area contributed by atoms with Crippen LogP contribution >= 0.6 is 0 Å². The molecule has 0 saturated carbocycles. The molecule has 3 amide bonds. The van der Waals surface area contributed by atoms with E-state index in [1.165, 1.54) is 11.1 Å². The largest absolute Gasteiger partial charge is 0.491 e. The first-order valence-electron chi connectivity index (χ1n) is 13.5. The molecule has 1 aromatic heterocycles. The number of aliphatic hydroxyl groups is 2. The summed E-state index contributed by atoms with van der Waals surface area (Å²) in [5, 5.41) is 23.6. The fraction of sp³-hybridized carbons (Fsp3) is 0.500. The molecule has 2 bridgehead atoms. The van der Waals surface area contributed by atoms with Crippen LogP contribution in [0.15, 0.2) is 42.7 Å². The number of pyridine rings is 1. The highest BCUT2D eigenvalue weighted by molar-refractivity contribution is 5.97. The van der Waals surface area contributed by atoms with Crippen molar-refractivity contribution in [2.75, 3.05) is 57.4 Å². The highest BCUT2D eigenvalue weighted by Gasteiger charge is 2.23. The molecule has 1 aromatic carbocycles. The van der Waals surface area contributed by atoms with Crippen LogP contribution in [0.1, 0.15) is 48.9 Å². The van der Waals surface area contributed by atoms with Gasteiger partial charge in [-0.25, -0.2) is 0 Å². The Morgan fingerprint density at radius 1 is 0.923 bits per heavy atom. The van der Waals surface area contributed by atoms with E-state index < -0.39 is 0 Å². The minimum Gasteiger partial charge on any atom is -0.491 e. The first kappa shape index (κ1) is 29.9. The lowest BCUT2D eigenvalue weighted by Gasteiger charge is -2.27. The minimum atomic E-state index is -0.326. The molecule has 39 heavy (non-hydrogen) atoms. The Morgan fingerprint density at radius 3 is 2.36 bits per heavy atom. The monoisotopic (exact) mass is 541 g/mol. The van der Waals surface area contributed by atoms with E-state index in [-0.39, 0.29) is 44.0 Å². The number of nitrogens with one attached hydrogen (secondary N) is 2. The number of nitrogens with zero attached hydrogens (tertiary/aromatic N) is 3. The first-order chi connectivity index (χ1) is 19.0. The summed E-state index contributed by atoms with van der Waals surface area (Å²) in [7, 11) is 0. The Kier molecular flexibility index (Phi) is 12.5. The number of carbonyl (C=O) groups excluding carboxylic acids is 3. The van der Waals surface area contributed by atoms with Crippen molar-refractivity contribution in [2.45, 2.75) is 38.5 Å². The molecule has 0 fully saturated rings. The van der Waals surface area contributed by atoms with Gasteiger partial charge in [0.15, 0.2) is 0 Å². The van der Waals surface area contributed by atoms with Gasteiger partial charge in [0.05, 0.1) is 36.3 Å². The van der Waals surface area contributed by atoms with Gasteiger partial charge in [0.2, 0.25) is 11.8 Å². The number of benzene rings is 1. The van der Waals surface area contributed by atoms with Crippen LogP contribution in [0.2, 0.25) is 0 Å². The molecule has 11 nitrogen and oxygen atoms in total. The van der Waals surface area contributed by atoms with Crippen LogP contribution in [0.3, 0.4) is 0 Å². The van der Waals surface area contributed by atoms with E-state index in [1.807, 2.05) is 24.3 Å². The van der Waals surface area contributed by atoms with E-state index in [9.17, 15) is 14.4 Å². The SMILES string of the molecule is O=C(CN1CCCCCCOc2ccccc2N(CC(=O)NCCCO)c2cncc(c2)C1=O)NCCCO. The van der Waals surface area contributed by atoms with Gasteiger partial charge in [0.1, 0.15) is 12.3 Å². The van der Waals surface area contributed by atoms with Crippen molar-refractivity contribution in [1.82, 2.24) is 20.5 Å². The van der Waals surface area contributed by atoms with Crippen LogP contribution in [-0.4, -0.2) is 90.4 Å². The van der Waals surface area contributed by atoms with E-state index in [4.69, 9.17) is 14.9 Å². The van der Waals surface area contributed by atoms with Gasteiger partial charge in [0.25, 0.3) is 5.91 Å². The first-order valence-corrected chi connectivity index (χ1v) is 13.5. The molecular weight excluding hydrogens is 502 g/mol. The number of carbonyl (C=O) groups is 3. The molecule has 2 aromatic rings. The number of aromatic nitrogens is 1. The molecule has 0 atom stereocenters. The maximum absolute atomic E-state index is 13.6. The molecule has 0 unspecified atom stereocenters. The van der Waals surface area contributed by atoms with Crippen LogP contribution in [0.25, 0.3) is 0 Å². The third-order valence-corrected chi connectivity index (χ3v) is 6.26. The lowest BCUT2D eigenvalue weighted by atomic mass is 10.1. The molecule has 0 saturated heterocycles. The lowest BCUT2D eigenvalue weighted by molar-refractivity contribution is -0.122. The second-order valence-corrected chi connectivity index (χ2v) is 9.33. The molecule has 0 spiro atoms. The number of aliphatic hydroxyl groups excluding tert-OH is 2. The average Bonchev–Trinajstić information content (AvgIpc) is 2.95. The third-order valence-electron chi connectivity index (χ3n) is 6.26. The van der Waals surface area contributed by atoms with Crippen molar-refractivity contribution in [1.29, 1.82) is 0 Å². The van der Waals surface area contributed by atoms with E-state index >= 15 is 0 Å². The van der Waals surface area contributed by atoms with Gasteiger partial charge >= 0.3 is 0 Å². The number of para-hydroxylation sites is 2. The summed E-state index contributed by atoms with van der Waals surface area (Å²) in [6.45, 7) is 1.39. The lowest BCUT2D eigenvalue weighted by Crippen LogP contribution is -2.41. The van der Waals surface area contributed by atoms with Crippen LogP contribution in [0, 0.1) is 0 Å². The van der Waals surface area contributed by atoms with Crippen LogP contribution in [-0.2, 0) is 9.59 Å². The Morgan fingerprint density at radius 2 is 1.62 bits per heavy atom. The van der Waals surface area contributed by atoms with Crippen LogP contribution in [0.4, 0.5) is 11.4 Å². The molecule has 2 heterocycles. The maximum Gasteiger partial charge on any atom is 0.255 e. The topological polar surface area (TPSA) is 144 Å². The molecular formula is C28H39N5O6. The second-order valence-electron chi connectivity index (χ2n) is 9.33. The van der Waals surface area contributed by atoms with Gasteiger partial charge in [-0.15, -0.1) is 0 Å². The highest BCUT2D eigenvalue weighted by atomic mass is 16.5. The highest BCUT2D eigenvalue weighted by Crippen LogP contribution is 2.34. The van der Waals surface area contributed by atoms with E-state index in [2.05, 4.69) is 15.6 Å². The normalized spacial score (nSPS) is 14.5. The molecule has 0 radical (unpaired) electrons. The fourth-order valence-electron chi connectivity index (χ4n) is 4.23. The zero-order valence-electron chi connectivity index (χ0n) is 22.3. The average molecular weight is 542 g/mol. The second kappa shape index (κ2) is 16.3. The predicted molar refractivity (Wildman–Crippen MR) is 147 cm³/mol. The Balaban J connectivity index is 1.94. The van der Waals surface area contributed by atoms with Crippen molar-refractivity contribution in [3.63, 3.8) is 0 Å².